The van der Waals surface area contributed by atoms with Gasteiger partial charge < -0.3 is 9.88 Å². The molecule has 11 rings (SSSR count). The molecule has 0 aliphatic heterocycles. The van der Waals surface area contributed by atoms with Gasteiger partial charge >= 0.3 is 0 Å². The predicted octanol–water partition coefficient (Wildman–Crippen LogP) is 13.2. The summed E-state index contributed by atoms with van der Waals surface area (Å²) in [5.41, 5.74) is 12.7. The zero-order chi connectivity index (χ0) is 42.0. The monoisotopic (exact) mass is 820 g/mol. The van der Waals surface area contributed by atoms with Crippen molar-refractivity contribution >= 4 is 67.7 Å². The Morgan fingerprint density at radius 2 is 0.587 bits per heavy atom. The van der Waals surface area contributed by atoms with E-state index < -0.39 is 8.07 Å². The molecule has 0 saturated carbocycles. The molecule has 0 atom stereocenters. The van der Waals surface area contributed by atoms with Crippen LogP contribution in [0.15, 0.2) is 261 Å². The minimum atomic E-state index is -2.60. The highest BCUT2D eigenvalue weighted by Crippen LogP contribution is 2.38. The number of hydrogen-bond acceptors (Lipinski definition) is 1. The largest absolute Gasteiger partial charge is 0.354 e. The van der Waals surface area contributed by atoms with Crippen LogP contribution in [0.5, 0.6) is 0 Å². The number of hydrogen-bond donors (Lipinski definition) is 1. The van der Waals surface area contributed by atoms with Gasteiger partial charge in [-0.2, -0.15) is 0 Å². The summed E-state index contributed by atoms with van der Waals surface area (Å²) in [6.45, 7) is 0. The first-order valence-electron chi connectivity index (χ1n) is 21.7. The molecule has 0 amide bonds. The van der Waals surface area contributed by atoms with E-state index in [0.29, 0.717) is 0 Å². The molecule has 0 radical (unpaired) electrons. The Labute approximate surface area is 370 Å². The number of nitrogens with zero attached hydrogens (tertiary/aromatic N) is 1. The highest BCUT2D eigenvalue weighted by atomic mass is 28.3. The van der Waals surface area contributed by atoms with Gasteiger partial charge in [0.1, 0.15) is 0 Å². The molecule has 10 aromatic carbocycles. The quantitative estimate of drug-likeness (QED) is 0.108. The van der Waals surface area contributed by atoms with Crippen LogP contribution in [-0.4, -0.2) is 13.1 Å². The fraction of sp³-hybridized carbons (Fsp3) is 0. The first kappa shape index (κ1) is 38.0. The molecule has 0 aliphatic rings. The van der Waals surface area contributed by atoms with E-state index in [0.717, 1.165) is 28.1 Å². The molecular weight excluding hydrogens is 777 g/mol. The molecule has 0 saturated heterocycles. The Morgan fingerprint density at radius 3 is 1.06 bits per heavy atom. The number of aromatic nitrogens is 1. The summed E-state index contributed by atoms with van der Waals surface area (Å²) in [5, 5.41) is 7.99. The van der Waals surface area contributed by atoms with Crippen molar-refractivity contribution in [2.45, 2.75) is 0 Å². The number of para-hydroxylation sites is 1. The van der Waals surface area contributed by atoms with Crippen molar-refractivity contribution in [3.63, 3.8) is 0 Å². The van der Waals surface area contributed by atoms with Crippen molar-refractivity contribution in [1.82, 2.24) is 4.98 Å². The summed E-state index contributed by atoms with van der Waals surface area (Å²) in [4.78, 5) is 5.97. The Morgan fingerprint density at radius 1 is 0.254 bits per heavy atom. The molecule has 1 N–H and O–H groups in total. The van der Waals surface area contributed by atoms with Crippen molar-refractivity contribution in [1.29, 1.82) is 0 Å². The van der Waals surface area contributed by atoms with Gasteiger partial charge in [-0.05, 0) is 103 Å². The standard InChI is InChI=1S/C60H44N2Si/c1-5-15-44(16-6-1)45-25-34-50(35-26-45)62(52-38-29-48(30-39-52)49-33-42-58-57-23-13-14-24-59(57)61-60(58)43-49)51-36-27-46(28-37-51)47-31-40-56(41-32-47)63(53-17-7-2-8-18-53,54-19-9-3-10-20-54)55-21-11-4-12-22-55/h1-43,61H. The summed E-state index contributed by atoms with van der Waals surface area (Å²) in [6, 6.07) is 95.4. The van der Waals surface area contributed by atoms with E-state index in [9.17, 15) is 0 Å². The molecule has 0 aliphatic carbocycles. The van der Waals surface area contributed by atoms with Crippen LogP contribution in [-0.2, 0) is 0 Å². The Kier molecular flexibility index (Phi) is 9.93. The number of nitrogens with one attached hydrogen (secondary N) is 1. The van der Waals surface area contributed by atoms with Crippen molar-refractivity contribution in [3.05, 3.63) is 261 Å². The first-order valence-corrected chi connectivity index (χ1v) is 23.7. The summed E-state index contributed by atoms with van der Waals surface area (Å²) in [6.07, 6.45) is 0. The Balaban J connectivity index is 0.947. The topological polar surface area (TPSA) is 19.0 Å². The third-order valence-corrected chi connectivity index (χ3v) is 17.4. The van der Waals surface area contributed by atoms with Crippen LogP contribution in [0.4, 0.5) is 17.1 Å². The van der Waals surface area contributed by atoms with Gasteiger partial charge in [0.15, 0.2) is 8.07 Å². The predicted molar refractivity (Wildman–Crippen MR) is 270 cm³/mol. The molecule has 1 aromatic heterocycles. The van der Waals surface area contributed by atoms with Crippen LogP contribution >= 0.6 is 0 Å². The van der Waals surface area contributed by atoms with E-state index in [1.54, 1.807) is 0 Å². The Bertz CT molecular complexity index is 3180. The van der Waals surface area contributed by atoms with Gasteiger partial charge in [0, 0.05) is 38.9 Å². The third-order valence-electron chi connectivity index (χ3n) is 12.6. The zero-order valence-electron chi connectivity index (χ0n) is 34.8. The lowest BCUT2D eigenvalue weighted by Gasteiger charge is -2.34. The highest BCUT2D eigenvalue weighted by molar-refractivity contribution is 7.19. The third kappa shape index (κ3) is 7.05. The van der Waals surface area contributed by atoms with Crippen LogP contribution in [0.2, 0.25) is 0 Å². The molecule has 1 heterocycles. The lowest BCUT2D eigenvalue weighted by molar-refractivity contribution is 1.28. The summed E-state index contributed by atoms with van der Waals surface area (Å²) in [5.74, 6) is 0. The molecule has 0 spiro atoms. The first-order chi connectivity index (χ1) is 31.2. The second kappa shape index (κ2) is 16.5. The second-order valence-electron chi connectivity index (χ2n) is 16.2. The van der Waals surface area contributed by atoms with E-state index in [1.807, 2.05) is 0 Å². The van der Waals surface area contributed by atoms with Gasteiger partial charge in [-0.25, -0.2) is 0 Å². The van der Waals surface area contributed by atoms with Gasteiger partial charge in [0.05, 0.1) is 0 Å². The zero-order valence-corrected chi connectivity index (χ0v) is 35.8. The highest BCUT2D eigenvalue weighted by Gasteiger charge is 2.41. The van der Waals surface area contributed by atoms with Gasteiger partial charge in [-0.3, -0.25) is 0 Å². The second-order valence-corrected chi connectivity index (χ2v) is 20.0. The van der Waals surface area contributed by atoms with Gasteiger partial charge in [-0.1, -0.05) is 212 Å². The average Bonchev–Trinajstić information content (AvgIpc) is 3.75. The molecule has 298 valence electrons. The number of rotatable bonds is 10. The maximum absolute atomic E-state index is 3.62. The van der Waals surface area contributed by atoms with Crippen LogP contribution in [0.25, 0.3) is 55.2 Å². The van der Waals surface area contributed by atoms with E-state index in [2.05, 4.69) is 271 Å². The van der Waals surface area contributed by atoms with Crippen molar-refractivity contribution in [2.75, 3.05) is 4.90 Å². The fourth-order valence-electron chi connectivity index (χ4n) is 9.50. The average molecular weight is 821 g/mol. The van der Waals surface area contributed by atoms with E-state index in [4.69, 9.17) is 0 Å². The fourth-order valence-corrected chi connectivity index (χ4v) is 14.2. The van der Waals surface area contributed by atoms with Crippen molar-refractivity contribution in [3.8, 4) is 33.4 Å². The minimum absolute atomic E-state index is 1.10. The van der Waals surface area contributed by atoms with E-state index in [1.165, 1.54) is 64.9 Å². The smallest absolute Gasteiger partial charge is 0.179 e. The number of fused-ring (bicyclic) bond motifs is 3. The molecule has 0 fully saturated rings. The van der Waals surface area contributed by atoms with Crippen molar-refractivity contribution < 1.29 is 0 Å². The maximum atomic E-state index is 3.62. The molecule has 0 bridgehead atoms. The maximum Gasteiger partial charge on any atom is 0.179 e. The number of H-pyrrole nitrogens is 1. The van der Waals surface area contributed by atoms with Crippen molar-refractivity contribution in [2.24, 2.45) is 0 Å². The molecule has 2 nitrogen and oxygen atoms in total. The van der Waals surface area contributed by atoms with Gasteiger partial charge in [0.2, 0.25) is 0 Å². The van der Waals surface area contributed by atoms with Crippen LogP contribution in [0.3, 0.4) is 0 Å². The summed E-state index contributed by atoms with van der Waals surface area (Å²) >= 11 is 0. The summed E-state index contributed by atoms with van der Waals surface area (Å²) < 4.78 is 0. The molecule has 3 heteroatoms. The molecule has 11 aromatic rings. The normalized spacial score (nSPS) is 11.5. The Hall–Kier alpha value is -7.98. The van der Waals surface area contributed by atoms with Gasteiger partial charge in [0.25, 0.3) is 0 Å². The molecule has 63 heavy (non-hydrogen) atoms. The summed E-state index contributed by atoms with van der Waals surface area (Å²) in [7, 11) is -2.60. The van der Waals surface area contributed by atoms with Crippen LogP contribution in [0, 0.1) is 0 Å². The lowest BCUT2D eigenvalue weighted by atomic mass is 10.0. The van der Waals surface area contributed by atoms with E-state index >= 15 is 0 Å². The molecular formula is C60H44N2Si. The minimum Gasteiger partial charge on any atom is -0.354 e. The molecule has 0 unspecified atom stereocenters. The van der Waals surface area contributed by atoms with Crippen LogP contribution in [0.1, 0.15) is 0 Å². The number of benzene rings is 10. The number of aromatic amines is 1. The number of anilines is 3. The van der Waals surface area contributed by atoms with E-state index in [-0.39, 0.29) is 0 Å². The van der Waals surface area contributed by atoms with Gasteiger partial charge in [-0.15, -0.1) is 0 Å². The van der Waals surface area contributed by atoms with Crippen LogP contribution < -0.4 is 25.6 Å². The SMILES string of the molecule is c1ccc(-c2ccc(N(c3ccc(-c4ccc([Si](c5ccccc5)(c5ccccc5)c5ccccc5)cc4)cc3)c3ccc(-c4ccc5c(c4)[nH]c4ccccc45)cc3)cc2)cc1. The lowest BCUT2D eigenvalue weighted by Crippen LogP contribution is -2.74.